The van der Waals surface area contributed by atoms with Gasteiger partial charge >= 0.3 is 0 Å². The van der Waals surface area contributed by atoms with Gasteiger partial charge in [0.1, 0.15) is 5.52 Å². The average Bonchev–Trinajstić information content (AvgIpc) is 3.07. The zero-order chi connectivity index (χ0) is 19.6. The maximum absolute atomic E-state index is 13.1. The molecular weight excluding hydrogens is 388 g/mol. The van der Waals surface area contributed by atoms with Crippen LogP contribution in [0, 0.1) is 10.1 Å². The van der Waals surface area contributed by atoms with Crippen molar-refractivity contribution in [2.75, 3.05) is 32.1 Å². The van der Waals surface area contributed by atoms with E-state index in [1.807, 2.05) is 26.2 Å². The van der Waals surface area contributed by atoms with Crippen molar-refractivity contribution in [3.8, 4) is 0 Å². The normalized spacial score (nSPS) is 11.1. The Balaban J connectivity index is 2.01. The van der Waals surface area contributed by atoms with E-state index in [0.29, 0.717) is 28.8 Å². The molecule has 0 bridgehead atoms. The predicted molar refractivity (Wildman–Crippen MR) is 107 cm³/mol. The summed E-state index contributed by atoms with van der Waals surface area (Å²) in [5, 5.41) is 12.1. The third-order valence-electron chi connectivity index (χ3n) is 3.97. The van der Waals surface area contributed by atoms with E-state index in [1.165, 1.54) is 34.4 Å². The summed E-state index contributed by atoms with van der Waals surface area (Å²) in [4.78, 5) is 30.9. The molecule has 1 heterocycles. The van der Waals surface area contributed by atoms with Gasteiger partial charge in [-0.25, -0.2) is 4.98 Å². The minimum atomic E-state index is -0.511. The Morgan fingerprint density at radius 3 is 2.70 bits per heavy atom. The fourth-order valence-corrected chi connectivity index (χ4v) is 3.84. The van der Waals surface area contributed by atoms with Crippen LogP contribution in [0.3, 0.4) is 0 Å². The summed E-state index contributed by atoms with van der Waals surface area (Å²) < 4.78 is 0.881. The van der Waals surface area contributed by atoms with Crippen LogP contribution in [0.2, 0.25) is 5.02 Å². The molecule has 3 aromatic rings. The average molecular weight is 406 g/mol. The van der Waals surface area contributed by atoms with Gasteiger partial charge in [-0.3, -0.25) is 19.8 Å². The van der Waals surface area contributed by atoms with Crippen molar-refractivity contribution in [1.82, 2.24) is 4.98 Å². The quantitative estimate of drug-likeness (QED) is 0.505. The molecule has 1 N–H and O–H groups in total. The number of non-ortho nitro benzene ring substituents is 1. The van der Waals surface area contributed by atoms with Crippen LogP contribution in [0.1, 0.15) is 10.4 Å². The smallest absolute Gasteiger partial charge is 0.270 e. The molecule has 7 nitrogen and oxygen atoms in total. The number of hydrogen-bond acceptors (Lipinski definition) is 5. The zero-order valence-corrected chi connectivity index (χ0v) is 16.4. The molecule has 27 heavy (non-hydrogen) atoms. The van der Waals surface area contributed by atoms with E-state index in [4.69, 9.17) is 11.6 Å². The Kier molecular flexibility index (Phi) is 5.69. The Hall–Kier alpha value is -2.55. The number of nitrogens with one attached hydrogen (secondary N) is 1. The molecule has 0 radical (unpaired) electrons. The molecule has 0 aliphatic heterocycles. The predicted octanol–water partition coefficient (Wildman–Crippen LogP) is 2.65. The van der Waals surface area contributed by atoms with Gasteiger partial charge in [0.25, 0.3) is 11.6 Å². The van der Waals surface area contributed by atoms with Crippen LogP contribution in [0.4, 0.5) is 10.8 Å². The van der Waals surface area contributed by atoms with Gasteiger partial charge in [-0.05, 0) is 18.2 Å². The summed E-state index contributed by atoms with van der Waals surface area (Å²) in [6, 6.07) is 11.2. The lowest BCUT2D eigenvalue weighted by Gasteiger charge is -2.20. The highest BCUT2D eigenvalue weighted by atomic mass is 35.5. The van der Waals surface area contributed by atoms with Crippen molar-refractivity contribution < 1.29 is 14.6 Å². The number of thiazole rings is 1. The number of aromatic nitrogens is 1. The minimum absolute atomic E-state index is 0.119. The molecule has 9 heteroatoms. The summed E-state index contributed by atoms with van der Waals surface area (Å²) in [7, 11) is 3.98. The summed E-state index contributed by atoms with van der Waals surface area (Å²) >= 11 is 7.59. The standard InChI is InChI=1S/C18H17ClN4O3S/c1-21(2)9-10-22(17(24)12-5-3-6-13(11-12)23(25)26)18-20-16-14(19)7-4-8-15(16)27-18/h3-8,11H,9-10H2,1-2H3/p+1. The van der Waals surface area contributed by atoms with E-state index in [9.17, 15) is 14.9 Å². The van der Waals surface area contributed by atoms with Gasteiger partial charge in [-0.1, -0.05) is 35.1 Å². The first kappa shape index (κ1) is 19.2. The van der Waals surface area contributed by atoms with Crippen LogP contribution < -0.4 is 9.80 Å². The molecule has 1 aromatic heterocycles. The SMILES string of the molecule is C[NH+](C)CCN(C(=O)c1cccc([N+](=O)[O-])c1)c1nc2c(Cl)cccc2s1. The Morgan fingerprint density at radius 2 is 2.04 bits per heavy atom. The van der Waals surface area contributed by atoms with E-state index >= 15 is 0 Å². The molecule has 0 atom stereocenters. The molecule has 140 valence electrons. The fraction of sp³-hybridized carbons (Fsp3) is 0.222. The summed E-state index contributed by atoms with van der Waals surface area (Å²) in [6.07, 6.45) is 0. The van der Waals surface area contributed by atoms with Crippen molar-refractivity contribution in [1.29, 1.82) is 0 Å². The number of nitro benzene ring substituents is 1. The molecule has 3 rings (SSSR count). The first-order chi connectivity index (χ1) is 12.9. The molecule has 2 aromatic carbocycles. The number of nitro groups is 1. The van der Waals surface area contributed by atoms with Crippen molar-refractivity contribution in [2.45, 2.75) is 0 Å². The van der Waals surface area contributed by atoms with Gasteiger partial charge in [0.05, 0.1) is 41.8 Å². The minimum Gasteiger partial charge on any atom is -0.338 e. The van der Waals surface area contributed by atoms with Gasteiger partial charge in [-0.15, -0.1) is 0 Å². The molecule has 0 saturated carbocycles. The number of likely N-dealkylation sites (N-methyl/N-ethyl adjacent to an activating group) is 1. The maximum atomic E-state index is 13.1. The van der Waals surface area contributed by atoms with Crippen molar-refractivity contribution in [3.63, 3.8) is 0 Å². The van der Waals surface area contributed by atoms with Gasteiger partial charge in [0, 0.05) is 17.7 Å². The van der Waals surface area contributed by atoms with E-state index < -0.39 is 4.92 Å². The van der Waals surface area contributed by atoms with Crippen LogP contribution >= 0.6 is 22.9 Å². The first-order valence-electron chi connectivity index (χ1n) is 8.27. The molecule has 0 aliphatic rings. The second-order valence-electron chi connectivity index (χ2n) is 6.30. The number of fused-ring (bicyclic) bond motifs is 1. The van der Waals surface area contributed by atoms with E-state index in [0.717, 1.165) is 4.70 Å². The zero-order valence-electron chi connectivity index (χ0n) is 14.8. The topological polar surface area (TPSA) is 80.8 Å². The molecule has 0 spiro atoms. The lowest BCUT2D eigenvalue weighted by molar-refractivity contribution is -0.856. The Morgan fingerprint density at radius 1 is 1.30 bits per heavy atom. The van der Waals surface area contributed by atoms with Gasteiger partial charge in [0.15, 0.2) is 5.13 Å². The van der Waals surface area contributed by atoms with Crippen LogP contribution in [0.25, 0.3) is 10.2 Å². The molecule has 1 amide bonds. The highest BCUT2D eigenvalue weighted by Crippen LogP contribution is 2.33. The number of carbonyl (C=O) groups excluding carboxylic acids is 1. The molecule has 0 fully saturated rings. The Labute approximate surface area is 164 Å². The number of quaternary nitrogens is 1. The van der Waals surface area contributed by atoms with Gasteiger partial charge < -0.3 is 4.90 Å². The number of benzene rings is 2. The number of rotatable bonds is 6. The van der Waals surface area contributed by atoms with E-state index in [2.05, 4.69) is 4.98 Å². The Bertz CT molecular complexity index is 1010. The second-order valence-corrected chi connectivity index (χ2v) is 7.72. The summed E-state index contributed by atoms with van der Waals surface area (Å²) in [5.74, 6) is -0.324. The number of halogens is 1. The lowest BCUT2D eigenvalue weighted by Crippen LogP contribution is -3.06. The molecule has 0 unspecified atom stereocenters. The van der Waals surface area contributed by atoms with Crippen LogP contribution in [-0.2, 0) is 0 Å². The van der Waals surface area contributed by atoms with Crippen molar-refractivity contribution in [3.05, 3.63) is 63.2 Å². The number of anilines is 1. The number of para-hydroxylation sites is 1. The van der Waals surface area contributed by atoms with Gasteiger partial charge in [0.2, 0.25) is 0 Å². The van der Waals surface area contributed by atoms with Crippen molar-refractivity contribution in [2.24, 2.45) is 0 Å². The highest BCUT2D eigenvalue weighted by molar-refractivity contribution is 7.22. The number of carbonyl (C=O) groups is 1. The fourth-order valence-electron chi connectivity index (χ4n) is 2.55. The maximum Gasteiger partial charge on any atom is 0.270 e. The monoisotopic (exact) mass is 405 g/mol. The van der Waals surface area contributed by atoms with Crippen LogP contribution in [0.5, 0.6) is 0 Å². The molecule has 0 aliphatic carbocycles. The van der Waals surface area contributed by atoms with Crippen LogP contribution in [-0.4, -0.2) is 43.0 Å². The summed E-state index contributed by atoms with van der Waals surface area (Å²) in [6.45, 7) is 1.13. The lowest BCUT2D eigenvalue weighted by atomic mass is 10.2. The van der Waals surface area contributed by atoms with Crippen LogP contribution in [0.15, 0.2) is 42.5 Å². The van der Waals surface area contributed by atoms with E-state index in [1.54, 1.807) is 17.0 Å². The van der Waals surface area contributed by atoms with Crippen molar-refractivity contribution >= 4 is 49.9 Å². The largest absolute Gasteiger partial charge is 0.338 e. The number of amides is 1. The number of nitrogens with zero attached hydrogens (tertiary/aromatic N) is 3. The molecule has 0 saturated heterocycles. The first-order valence-corrected chi connectivity index (χ1v) is 9.46. The third-order valence-corrected chi connectivity index (χ3v) is 5.32. The van der Waals surface area contributed by atoms with E-state index in [-0.39, 0.29) is 17.2 Å². The van der Waals surface area contributed by atoms with Gasteiger partial charge in [-0.2, -0.15) is 0 Å². The highest BCUT2D eigenvalue weighted by Gasteiger charge is 2.24. The molecular formula is C18H18ClN4O3S+. The number of hydrogen-bond donors (Lipinski definition) is 1. The third kappa shape index (κ3) is 4.24. The second kappa shape index (κ2) is 7.99. The summed E-state index contributed by atoms with van der Waals surface area (Å²) in [5.41, 5.74) is 0.780.